The molecule has 61 heavy (non-hydrogen) atoms. The minimum Gasteiger partial charge on any atom is -0.462 e. The van der Waals surface area contributed by atoms with E-state index in [1.54, 1.807) is 0 Å². The van der Waals surface area contributed by atoms with Gasteiger partial charge in [0.2, 0.25) is 5.91 Å². The molecule has 3 atom stereocenters. The molecule has 0 aliphatic carbocycles. The number of amides is 1. The van der Waals surface area contributed by atoms with E-state index < -0.39 is 18.2 Å². The molecule has 0 heterocycles. The third-order valence-corrected chi connectivity index (χ3v) is 12.0. The van der Waals surface area contributed by atoms with Crippen LogP contribution < -0.4 is 5.32 Å². The highest BCUT2D eigenvalue weighted by molar-refractivity contribution is 5.77. The first-order valence-electron chi connectivity index (χ1n) is 26.4. The van der Waals surface area contributed by atoms with Gasteiger partial charge in [0.25, 0.3) is 0 Å². The van der Waals surface area contributed by atoms with Crippen molar-refractivity contribution < 1.29 is 24.5 Å². The summed E-state index contributed by atoms with van der Waals surface area (Å²) in [5.74, 6) is -0.507. The maximum absolute atomic E-state index is 13.2. The van der Waals surface area contributed by atoms with Crippen LogP contribution in [0.2, 0.25) is 0 Å². The van der Waals surface area contributed by atoms with E-state index in [1.807, 2.05) is 6.08 Å². The van der Waals surface area contributed by atoms with Gasteiger partial charge < -0.3 is 20.3 Å². The van der Waals surface area contributed by atoms with Crippen LogP contribution in [0.4, 0.5) is 0 Å². The standard InChI is InChI=1S/C55H101NO5/c1-4-7-10-13-16-19-22-24-26-28-30-32-34-37-40-43-46-51(61-55(60)48-45-42-39-36-21-18-15-12-9-6-3)49-54(59)56-52(50-57)53(58)47-44-41-38-35-33-31-29-27-25-23-20-17-14-11-8-5-2/h16,19,22,24,26,28,30,32,51-53,57-58H,4-15,17-18,20-21,23,25,27,29,31,33-50H2,1-3H3,(H,56,59)/b19-16+,24-22+,28-26+,32-30+. The Morgan fingerprint density at radius 1 is 0.475 bits per heavy atom. The van der Waals surface area contributed by atoms with Gasteiger partial charge in [-0.05, 0) is 51.4 Å². The summed E-state index contributed by atoms with van der Waals surface area (Å²) in [5.41, 5.74) is 0. The summed E-state index contributed by atoms with van der Waals surface area (Å²) in [5, 5.41) is 23.8. The van der Waals surface area contributed by atoms with Crippen LogP contribution in [0.3, 0.4) is 0 Å². The van der Waals surface area contributed by atoms with Gasteiger partial charge in [0, 0.05) is 6.42 Å². The number of allylic oxidation sites excluding steroid dienone is 8. The van der Waals surface area contributed by atoms with Crippen LogP contribution in [0.15, 0.2) is 48.6 Å². The first-order valence-corrected chi connectivity index (χ1v) is 26.4. The number of rotatable bonds is 47. The molecule has 0 rings (SSSR count). The van der Waals surface area contributed by atoms with E-state index in [9.17, 15) is 19.8 Å². The number of carbonyl (C=O) groups is 2. The van der Waals surface area contributed by atoms with Crippen molar-refractivity contribution in [2.24, 2.45) is 0 Å². The number of nitrogens with one attached hydrogen (secondary N) is 1. The quantitative estimate of drug-likeness (QED) is 0.0322. The highest BCUT2D eigenvalue weighted by atomic mass is 16.5. The van der Waals surface area contributed by atoms with Gasteiger partial charge >= 0.3 is 5.97 Å². The first kappa shape index (κ1) is 58.8. The van der Waals surface area contributed by atoms with Crippen molar-refractivity contribution in [3.05, 3.63) is 48.6 Å². The summed E-state index contributed by atoms with van der Waals surface area (Å²) in [6.45, 7) is 6.44. The topological polar surface area (TPSA) is 95.9 Å². The minimum atomic E-state index is -0.797. The second-order valence-electron chi connectivity index (χ2n) is 18.0. The van der Waals surface area contributed by atoms with Gasteiger partial charge in [-0.15, -0.1) is 0 Å². The van der Waals surface area contributed by atoms with E-state index in [0.29, 0.717) is 19.3 Å². The van der Waals surface area contributed by atoms with E-state index in [4.69, 9.17) is 4.74 Å². The SMILES string of the molecule is CCCCC/C=C/C=C/C=C/C=C/CCCCCC(CC(=O)NC(CO)C(O)CCCCCCCCCCCCCCCCCC)OC(=O)CCCCCCCCCCCC. The zero-order valence-corrected chi connectivity index (χ0v) is 40.5. The number of ether oxygens (including phenoxy) is 1. The summed E-state index contributed by atoms with van der Waals surface area (Å²) in [6.07, 6.45) is 58.8. The Kier molecular flexibility index (Phi) is 47.1. The van der Waals surface area contributed by atoms with E-state index in [1.165, 1.54) is 148 Å². The predicted octanol–water partition coefficient (Wildman–Crippen LogP) is 15.8. The van der Waals surface area contributed by atoms with Crippen LogP contribution in [-0.2, 0) is 14.3 Å². The fraction of sp³-hybridized carbons (Fsp3) is 0.818. The Hall–Kier alpha value is -2.18. The Morgan fingerprint density at radius 3 is 1.30 bits per heavy atom. The van der Waals surface area contributed by atoms with Gasteiger partial charge in [0.05, 0.1) is 25.2 Å². The molecule has 1 amide bonds. The molecule has 0 aliphatic heterocycles. The average Bonchev–Trinajstić information content (AvgIpc) is 3.25. The van der Waals surface area contributed by atoms with E-state index in [0.717, 1.165) is 70.6 Å². The number of carbonyl (C=O) groups excluding carboxylic acids is 2. The lowest BCUT2D eigenvalue weighted by molar-refractivity contribution is -0.151. The Labute approximate surface area is 378 Å². The number of hydrogen-bond donors (Lipinski definition) is 3. The maximum Gasteiger partial charge on any atom is 0.306 e. The van der Waals surface area contributed by atoms with E-state index in [2.05, 4.69) is 68.6 Å². The van der Waals surface area contributed by atoms with Crippen molar-refractivity contribution in [1.29, 1.82) is 0 Å². The fourth-order valence-electron chi connectivity index (χ4n) is 7.97. The maximum atomic E-state index is 13.2. The zero-order valence-electron chi connectivity index (χ0n) is 40.5. The van der Waals surface area contributed by atoms with Crippen molar-refractivity contribution >= 4 is 11.9 Å². The van der Waals surface area contributed by atoms with Crippen molar-refractivity contribution in [2.45, 2.75) is 283 Å². The van der Waals surface area contributed by atoms with Gasteiger partial charge in [-0.1, -0.05) is 249 Å². The molecule has 356 valence electrons. The molecule has 6 nitrogen and oxygen atoms in total. The van der Waals surface area contributed by atoms with Gasteiger partial charge in [0.1, 0.15) is 6.10 Å². The molecule has 0 bridgehead atoms. The van der Waals surface area contributed by atoms with Crippen LogP contribution in [0.1, 0.15) is 265 Å². The highest BCUT2D eigenvalue weighted by Crippen LogP contribution is 2.18. The van der Waals surface area contributed by atoms with E-state index >= 15 is 0 Å². The molecule has 0 saturated heterocycles. The van der Waals surface area contributed by atoms with Crippen LogP contribution in [-0.4, -0.2) is 46.9 Å². The molecule has 0 radical (unpaired) electrons. The molecule has 0 spiro atoms. The summed E-state index contributed by atoms with van der Waals surface area (Å²) in [4.78, 5) is 26.1. The molecular weight excluding hydrogens is 755 g/mol. The number of aliphatic hydroxyl groups excluding tert-OH is 2. The molecule has 3 N–H and O–H groups in total. The molecule has 0 aliphatic rings. The summed E-state index contributed by atoms with van der Waals surface area (Å²) in [6, 6.07) is -0.713. The van der Waals surface area contributed by atoms with Crippen LogP contribution >= 0.6 is 0 Å². The predicted molar refractivity (Wildman–Crippen MR) is 264 cm³/mol. The molecule has 0 saturated carbocycles. The lowest BCUT2D eigenvalue weighted by Gasteiger charge is -2.24. The Balaban J connectivity index is 4.59. The number of unbranched alkanes of at least 4 members (excludes halogenated alkanes) is 30. The zero-order chi connectivity index (χ0) is 44.5. The second kappa shape index (κ2) is 48.8. The van der Waals surface area contributed by atoms with Gasteiger partial charge in [-0.25, -0.2) is 0 Å². The monoisotopic (exact) mass is 856 g/mol. The van der Waals surface area contributed by atoms with E-state index in [-0.39, 0.29) is 24.9 Å². The normalized spacial score (nSPS) is 13.6. The Bertz CT molecular complexity index is 1050. The Morgan fingerprint density at radius 2 is 0.836 bits per heavy atom. The molecular formula is C55H101NO5. The van der Waals surface area contributed by atoms with Crippen molar-refractivity contribution in [3.63, 3.8) is 0 Å². The second-order valence-corrected chi connectivity index (χ2v) is 18.0. The largest absolute Gasteiger partial charge is 0.462 e. The van der Waals surface area contributed by atoms with Crippen molar-refractivity contribution in [2.75, 3.05) is 6.61 Å². The molecule has 0 aromatic rings. The summed E-state index contributed by atoms with van der Waals surface area (Å²) in [7, 11) is 0. The van der Waals surface area contributed by atoms with Crippen molar-refractivity contribution in [3.8, 4) is 0 Å². The third kappa shape index (κ3) is 44.2. The number of hydrogen-bond acceptors (Lipinski definition) is 5. The average molecular weight is 856 g/mol. The van der Waals surface area contributed by atoms with Gasteiger partial charge in [-0.3, -0.25) is 9.59 Å². The molecule has 3 unspecified atom stereocenters. The summed E-state index contributed by atoms with van der Waals surface area (Å²) >= 11 is 0. The lowest BCUT2D eigenvalue weighted by atomic mass is 10.0. The molecule has 6 heteroatoms. The molecule has 0 aromatic carbocycles. The molecule has 0 aromatic heterocycles. The van der Waals surface area contributed by atoms with Gasteiger partial charge in [0.15, 0.2) is 0 Å². The third-order valence-electron chi connectivity index (χ3n) is 12.0. The number of aliphatic hydroxyl groups is 2. The van der Waals surface area contributed by atoms with Crippen molar-refractivity contribution in [1.82, 2.24) is 5.32 Å². The summed E-state index contributed by atoms with van der Waals surface area (Å²) < 4.78 is 5.91. The fourth-order valence-corrected chi connectivity index (χ4v) is 7.97. The highest BCUT2D eigenvalue weighted by Gasteiger charge is 2.24. The first-order chi connectivity index (χ1) is 30.0. The molecule has 0 fully saturated rings. The van der Waals surface area contributed by atoms with Gasteiger partial charge in [-0.2, -0.15) is 0 Å². The lowest BCUT2D eigenvalue weighted by Crippen LogP contribution is -2.46. The van der Waals surface area contributed by atoms with Crippen LogP contribution in [0.5, 0.6) is 0 Å². The van der Waals surface area contributed by atoms with Crippen LogP contribution in [0, 0.1) is 0 Å². The number of esters is 1. The van der Waals surface area contributed by atoms with Crippen LogP contribution in [0.25, 0.3) is 0 Å². The smallest absolute Gasteiger partial charge is 0.306 e. The minimum absolute atomic E-state index is 0.0538.